The summed E-state index contributed by atoms with van der Waals surface area (Å²) in [6, 6.07) is 9.62. The van der Waals surface area contributed by atoms with E-state index in [-0.39, 0.29) is 17.1 Å². The van der Waals surface area contributed by atoms with Crippen LogP contribution in [0.4, 0.5) is 0 Å². The van der Waals surface area contributed by atoms with Crippen molar-refractivity contribution in [1.29, 1.82) is 0 Å². The van der Waals surface area contributed by atoms with Gasteiger partial charge in [-0.3, -0.25) is 9.59 Å². The summed E-state index contributed by atoms with van der Waals surface area (Å²) in [7, 11) is 0. The number of benzene rings is 1. The van der Waals surface area contributed by atoms with E-state index in [1.807, 2.05) is 36.4 Å². The van der Waals surface area contributed by atoms with E-state index in [4.69, 9.17) is 4.74 Å². The first kappa shape index (κ1) is 13.5. The molecule has 0 N–H and O–H groups in total. The summed E-state index contributed by atoms with van der Waals surface area (Å²) in [5.74, 6) is -0.459. The van der Waals surface area contributed by atoms with Crippen LogP contribution in [0.25, 0.3) is 6.08 Å². The maximum Gasteiger partial charge on any atom is 0.319 e. The zero-order valence-electron chi connectivity index (χ0n) is 10.4. The predicted octanol–water partition coefficient (Wildman–Crippen LogP) is 2.71. The Hall–Kier alpha value is -1.53. The summed E-state index contributed by atoms with van der Waals surface area (Å²) in [5.41, 5.74) is 0.963. The number of nitrogens with zero attached hydrogens (tertiary/aromatic N) is 1. The van der Waals surface area contributed by atoms with Crippen LogP contribution in [0, 0.1) is 0 Å². The standard InChI is InChI=1S/C14H11NO3S2/c16-12-11(8-9-4-2-1-3-5-9)20-14(15-12)19-10-6-7-18-13(10)17/h1-5,8,10H,6-7H2/b11-8-/t10-/m1/s1. The summed E-state index contributed by atoms with van der Waals surface area (Å²) in [5, 5.41) is -0.231. The molecular formula is C14H11NO3S2. The number of carbonyl (C=O) groups is 2. The third kappa shape index (κ3) is 2.96. The van der Waals surface area contributed by atoms with Gasteiger partial charge in [0, 0.05) is 6.42 Å². The average Bonchev–Trinajstić information content (AvgIpc) is 2.99. The molecule has 20 heavy (non-hydrogen) atoms. The lowest BCUT2D eigenvalue weighted by molar-refractivity contribution is -0.137. The molecule has 0 bridgehead atoms. The SMILES string of the molecule is O=C1N=C(S[C@@H]2CCOC2=O)S/C1=C\c1ccccc1. The smallest absolute Gasteiger partial charge is 0.319 e. The molecule has 1 fully saturated rings. The molecule has 1 amide bonds. The molecule has 2 aliphatic rings. The lowest BCUT2D eigenvalue weighted by Crippen LogP contribution is -2.10. The summed E-state index contributed by atoms with van der Waals surface area (Å²) in [6.45, 7) is 0.453. The van der Waals surface area contributed by atoms with Gasteiger partial charge in [0.05, 0.1) is 11.5 Å². The Morgan fingerprint density at radius 1 is 1.30 bits per heavy atom. The van der Waals surface area contributed by atoms with Crippen molar-refractivity contribution in [3.8, 4) is 0 Å². The van der Waals surface area contributed by atoms with Gasteiger partial charge in [0.2, 0.25) is 0 Å². The molecule has 2 heterocycles. The van der Waals surface area contributed by atoms with Gasteiger partial charge in [0.15, 0.2) is 0 Å². The van der Waals surface area contributed by atoms with E-state index in [2.05, 4.69) is 4.99 Å². The highest BCUT2D eigenvalue weighted by Gasteiger charge is 2.32. The molecule has 1 aromatic rings. The second-order valence-corrected chi connectivity index (χ2v) is 6.75. The van der Waals surface area contributed by atoms with Crippen LogP contribution in [-0.2, 0) is 14.3 Å². The largest absolute Gasteiger partial charge is 0.465 e. The zero-order valence-corrected chi connectivity index (χ0v) is 12.1. The van der Waals surface area contributed by atoms with Crippen molar-refractivity contribution in [2.24, 2.45) is 4.99 Å². The maximum absolute atomic E-state index is 11.8. The first-order chi connectivity index (χ1) is 9.72. The van der Waals surface area contributed by atoms with E-state index in [0.717, 1.165) is 5.56 Å². The molecule has 0 unspecified atom stereocenters. The number of cyclic esters (lactones) is 1. The number of hydrogen-bond acceptors (Lipinski definition) is 5. The van der Waals surface area contributed by atoms with Crippen molar-refractivity contribution in [2.45, 2.75) is 11.7 Å². The van der Waals surface area contributed by atoms with E-state index in [1.165, 1.54) is 23.5 Å². The van der Waals surface area contributed by atoms with Crippen LogP contribution >= 0.6 is 23.5 Å². The van der Waals surface area contributed by atoms with Gasteiger partial charge in [-0.25, -0.2) is 0 Å². The molecular weight excluding hydrogens is 294 g/mol. The zero-order chi connectivity index (χ0) is 13.9. The third-order valence-electron chi connectivity index (χ3n) is 2.83. The normalized spacial score (nSPS) is 24.1. The molecule has 1 saturated heterocycles. The molecule has 0 spiro atoms. The fourth-order valence-electron chi connectivity index (χ4n) is 1.85. The molecule has 0 aliphatic carbocycles. The van der Waals surface area contributed by atoms with Crippen molar-refractivity contribution in [3.63, 3.8) is 0 Å². The van der Waals surface area contributed by atoms with Gasteiger partial charge in [0.1, 0.15) is 9.63 Å². The molecule has 0 aromatic heterocycles. The maximum atomic E-state index is 11.8. The van der Waals surface area contributed by atoms with Gasteiger partial charge >= 0.3 is 5.97 Å². The highest BCUT2D eigenvalue weighted by atomic mass is 32.2. The van der Waals surface area contributed by atoms with Gasteiger partial charge in [-0.05, 0) is 11.6 Å². The topological polar surface area (TPSA) is 55.7 Å². The minimum absolute atomic E-state index is 0.216. The number of carbonyl (C=O) groups excluding carboxylic acids is 2. The van der Waals surface area contributed by atoms with E-state index in [0.29, 0.717) is 22.3 Å². The molecule has 0 radical (unpaired) electrons. The Balaban J connectivity index is 1.69. The molecule has 2 aliphatic heterocycles. The quantitative estimate of drug-likeness (QED) is 0.621. The van der Waals surface area contributed by atoms with Gasteiger partial charge in [-0.15, -0.1) is 0 Å². The van der Waals surface area contributed by atoms with Crippen molar-refractivity contribution in [3.05, 3.63) is 40.8 Å². The van der Waals surface area contributed by atoms with Crippen LogP contribution in [-0.4, -0.2) is 28.1 Å². The molecule has 3 rings (SSSR count). The van der Waals surface area contributed by atoms with Crippen LogP contribution in [0.2, 0.25) is 0 Å². The molecule has 6 heteroatoms. The number of amides is 1. The van der Waals surface area contributed by atoms with Crippen LogP contribution in [0.5, 0.6) is 0 Å². The molecule has 0 saturated carbocycles. The first-order valence-corrected chi connectivity index (χ1v) is 7.83. The minimum Gasteiger partial charge on any atom is -0.465 e. The average molecular weight is 305 g/mol. The monoisotopic (exact) mass is 305 g/mol. The Morgan fingerprint density at radius 2 is 2.10 bits per heavy atom. The Morgan fingerprint density at radius 3 is 2.80 bits per heavy atom. The Labute approximate surface area is 124 Å². The fraction of sp³-hybridized carbons (Fsp3) is 0.214. The number of thioether (sulfide) groups is 2. The number of ether oxygens (including phenoxy) is 1. The fourth-order valence-corrected chi connectivity index (χ4v) is 4.06. The second kappa shape index (κ2) is 5.85. The van der Waals surface area contributed by atoms with E-state index < -0.39 is 0 Å². The summed E-state index contributed by atoms with van der Waals surface area (Å²) in [4.78, 5) is 27.8. The Bertz CT molecular complexity index is 610. The predicted molar refractivity (Wildman–Crippen MR) is 81.4 cm³/mol. The third-order valence-corrected chi connectivity index (χ3v) is 5.15. The van der Waals surface area contributed by atoms with Gasteiger partial charge < -0.3 is 4.74 Å². The van der Waals surface area contributed by atoms with Crippen LogP contribution in [0.15, 0.2) is 40.2 Å². The van der Waals surface area contributed by atoms with Crippen LogP contribution in [0.1, 0.15) is 12.0 Å². The van der Waals surface area contributed by atoms with Crippen molar-refractivity contribution in [1.82, 2.24) is 0 Å². The van der Waals surface area contributed by atoms with Crippen molar-refractivity contribution < 1.29 is 14.3 Å². The lowest BCUT2D eigenvalue weighted by Gasteiger charge is -2.02. The second-order valence-electron chi connectivity index (χ2n) is 4.27. The van der Waals surface area contributed by atoms with Gasteiger partial charge in [-0.2, -0.15) is 4.99 Å². The van der Waals surface area contributed by atoms with E-state index in [1.54, 1.807) is 0 Å². The molecule has 1 aromatic carbocycles. The lowest BCUT2D eigenvalue weighted by atomic mass is 10.2. The molecule has 4 nitrogen and oxygen atoms in total. The highest BCUT2D eigenvalue weighted by Crippen LogP contribution is 2.37. The first-order valence-electron chi connectivity index (χ1n) is 6.13. The summed E-state index contributed by atoms with van der Waals surface area (Å²) in [6.07, 6.45) is 2.49. The highest BCUT2D eigenvalue weighted by molar-refractivity contribution is 8.41. The summed E-state index contributed by atoms with van der Waals surface area (Å²) < 4.78 is 5.53. The Kier molecular flexibility index (Phi) is 3.93. The number of esters is 1. The molecule has 102 valence electrons. The van der Waals surface area contributed by atoms with Gasteiger partial charge in [0.25, 0.3) is 5.91 Å². The molecule has 1 atom stereocenters. The minimum atomic E-state index is -0.243. The number of rotatable bonds is 2. The number of aliphatic imine (C=N–C) groups is 1. The van der Waals surface area contributed by atoms with E-state index in [9.17, 15) is 9.59 Å². The van der Waals surface area contributed by atoms with E-state index >= 15 is 0 Å². The van der Waals surface area contributed by atoms with Crippen LogP contribution < -0.4 is 0 Å². The van der Waals surface area contributed by atoms with Gasteiger partial charge in [-0.1, -0.05) is 53.9 Å². The number of hydrogen-bond donors (Lipinski definition) is 0. The van der Waals surface area contributed by atoms with Crippen molar-refractivity contribution in [2.75, 3.05) is 6.61 Å². The van der Waals surface area contributed by atoms with Crippen molar-refractivity contribution >= 4 is 45.9 Å². The van der Waals surface area contributed by atoms with Crippen LogP contribution in [0.3, 0.4) is 0 Å². The summed E-state index contributed by atoms with van der Waals surface area (Å²) >= 11 is 2.64.